The second-order valence-electron chi connectivity index (χ2n) is 6.27. The van der Waals surface area contributed by atoms with Gasteiger partial charge in [-0.25, -0.2) is 9.79 Å². The summed E-state index contributed by atoms with van der Waals surface area (Å²) in [6.07, 6.45) is 0. The van der Waals surface area contributed by atoms with E-state index in [9.17, 15) is 4.79 Å². The monoisotopic (exact) mass is 400 g/mol. The number of benzene rings is 3. The molecule has 0 atom stereocenters. The van der Waals surface area contributed by atoms with Crippen molar-refractivity contribution in [3.63, 3.8) is 0 Å². The highest BCUT2D eigenvalue weighted by Crippen LogP contribution is 2.29. The summed E-state index contributed by atoms with van der Waals surface area (Å²) in [5, 5.41) is 0. The van der Waals surface area contributed by atoms with Gasteiger partial charge in [0, 0.05) is 11.3 Å². The van der Waals surface area contributed by atoms with Gasteiger partial charge in [-0.2, -0.15) is 0 Å². The number of thiazole rings is 1. The number of hydrogen-bond acceptors (Lipinski definition) is 4. The molecule has 0 aliphatic carbocycles. The molecule has 0 unspecified atom stereocenters. The minimum atomic E-state index is -0.337. The molecule has 0 saturated carbocycles. The van der Waals surface area contributed by atoms with Gasteiger partial charge in [0.25, 0.3) is 0 Å². The molecular weight excluding hydrogens is 380 g/mol. The summed E-state index contributed by atoms with van der Waals surface area (Å²) in [6, 6.07) is 29.6. The Labute approximate surface area is 173 Å². The van der Waals surface area contributed by atoms with E-state index in [2.05, 4.69) is 0 Å². The molecule has 3 aromatic carbocycles. The largest absolute Gasteiger partial charge is 0.462 e. The Balaban J connectivity index is 2.06. The van der Waals surface area contributed by atoms with Crippen LogP contribution in [-0.2, 0) is 4.74 Å². The lowest BCUT2D eigenvalue weighted by molar-refractivity contribution is 0.0532. The molecule has 4 nitrogen and oxygen atoms in total. The van der Waals surface area contributed by atoms with Gasteiger partial charge in [-0.1, -0.05) is 78.1 Å². The first-order valence-electron chi connectivity index (χ1n) is 9.41. The first kappa shape index (κ1) is 18.9. The van der Waals surface area contributed by atoms with Crippen molar-refractivity contribution in [2.45, 2.75) is 6.92 Å². The van der Waals surface area contributed by atoms with Gasteiger partial charge >= 0.3 is 5.97 Å². The fourth-order valence-corrected chi connectivity index (χ4v) is 4.15. The smallest absolute Gasteiger partial charge is 0.350 e. The average molecular weight is 401 g/mol. The van der Waals surface area contributed by atoms with Crippen LogP contribution in [0.5, 0.6) is 0 Å². The lowest BCUT2D eigenvalue weighted by Gasteiger charge is -2.11. The maximum Gasteiger partial charge on any atom is 0.350 e. The molecular formula is C24H20N2O2S. The molecule has 0 radical (unpaired) electrons. The standard InChI is InChI=1S/C24H20N2O2S/c1-2-28-23(27)22-21(18-12-6-3-7-13-18)26(20-16-10-5-11-17-20)24(29-22)25-19-14-8-4-9-15-19/h3-17H,2H2,1H3. The van der Waals surface area contributed by atoms with E-state index in [4.69, 9.17) is 9.73 Å². The summed E-state index contributed by atoms with van der Waals surface area (Å²) in [5.74, 6) is -0.337. The zero-order valence-electron chi connectivity index (χ0n) is 16.0. The van der Waals surface area contributed by atoms with Gasteiger partial charge in [0.1, 0.15) is 4.88 Å². The first-order chi connectivity index (χ1) is 14.3. The van der Waals surface area contributed by atoms with E-state index < -0.39 is 0 Å². The van der Waals surface area contributed by atoms with Crippen molar-refractivity contribution in [1.29, 1.82) is 0 Å². The van der Waals surface area contributed by atoms with E-state index in [1.54, 1.807) is 0 Å². The number of nitrogens with zero attached hydrogens (tertiary/aromatic N) is 2. The van der Waals surface area contributed by atoms with Gasteiger partial charge in [-0.3, -0.25) is 4.57 Å². The van der Waals surface area contributed by atoms with Crippen molar-refractivity contribution in [2.75, 3.05) is 6.61 Å². The van der Waals surface area contributed by atoms with Crippen molar-refractivity contribution < 1.29 is 9.53 Å². The van der Waals surface area contributed by atoms with Crippen LogP contribution in [0, 0.1) is 0 Å². The van der Waals surface area contributed by atoms with Crippen LogP contribution in [0.1, 0.15) is 16.6 Å². The van der Waals surface area contributed by atoms with E-state index >= 15 is 0 Å². The van der Waals surface area contributed by atoms with E-state index in [0.29, 0.717) is 16.3 Å². The first-order valence-corrected chi connectivity index (χ1v) is 10.2. The van der Waals surface area contributed by atoms with Crippen LogP contribution < -0.4 is 4.80 Å². The molecule has 4 aromatic rings. The van der Waals surface area contributed by atoms with Crippen LogP contribution in [-0.4, -0.2) is 17.1 Å². The lowest BCUT2D eigenvalue weighted by atomic mass is 10.1. The van der Waals surface area contributed by atoms with Crippen molar-refractivity contribution in [3.05, 3.63) is 101 Å². The van der Waals surface area contributed by atoms with Gasteiger partial charge in [0.2, 0.25) is 0 Å². The van der Waals surface area contributed by atoms with Crippen molar-refractivity contribution in [3.8, 4) is 16.9 Å². The molecule has 1 aromatic heterocycles. The van der Waals surface area contributed by atoms with E-state index in [-0.39, 0.29) is 5.97 Å². The minimum absolute atomic E-state index is 0.321. The molecule has 0 bridgehead atoms. The van der Waals surface area contributed by atoms with Gasteiger partial charge in [-0.15, -0.1) is 0 Å². The van der Waals surface area contributed by atoms with E-state index in [1.807, 2.05) is 102 Å². The molecule has 0 aliphatic heterocycles. The second-order valence-corrected chi connectivity index (χ2v) is 7.24. The fraction of sp³-hybridized carbons (Fsp3) is 0.0833. The normalized spacial score (nSPS) is 11.4. The van der Waals surface area contributed by atoms with Crippen molar-refractivity contribution in [1.82, 2.24) is 4.57 Å². The molecule has 0 spiro atoms. The van der Waals surface area contributed by atoms with Gasteiger partial charge in [-0.05, 0) is 31.2 Å². The number of carbonyl (C=O) groups excluding carboxylic acids is 1. The summed E-state index contributed by atoms with van der Waals surface area (Å²) >= 11 is 1.34. The van der Waals surface area contributed by atoms with Crippen LogP contribution in [0.2, 0.25) is 0 Å². The molecule has 144 valence electrons. The maximum absolute atomic E-state index is 12.8. The molecule has 0 fully saturated rings. The molecule has 4 rings (SSSR count). The fourth-order valence-electron chi connectivity index (χ4n) is 3.08. The number of esters is 1. The summed E-state index contributed by atoms with van der Waals surface area (Å²) in [5.41, 5.74) is 3.49. The van der Waals surface area contributed by atoms with E-state index in [1.165, 1.54) is 11.3 Å². The quantitative estimate of drug-likeness (QED) is 0.408. The Bertz CT molecular complexity index is 1160. The Morgan fingerprint density at radius 2 is 1.48 bits per heavy atom. The molecule has 29 heavy (non-hydrogen) atoms. The number of para-hydroxylation sites is 2. The highest BCUT2D eigenvalue weighted by Gasteiger charge is 2.23. The van der Waals surface area contributed by atoms with Crippen LogP contribution in [0.3, 0.4) is 0 Å². The van der Waals surface area contributed by atoms with Crippen LogP contribution in [0.25, 0.3) is 16.9 Å². The Kier molecular flexibility index (Phi) is 5.68. The summed E-state index contributed by atoms with van der Waals surface area (Å²) < 4.78 is 7.39. The van der Waals surface area contributed by atoms with Crippen molar-refractivity contribution in [2.24, 2.45) is 4.99 Å². The number of rotatable bonds is 5. The third-order valence-electron chi connectivity index (χ3n) is 4.33. The third-order valence-corrected chi connectivity index (χ3v) is 5.35. The predicted molar refractivity (Wildman–Crippen MR) is 117 cm³/mol. The summed E-state index contributed by atoms with van der Waals surface area (Å²) in [6.45, 7) is 2.13. The van der Waals surface area contributed by atoms with Gasteiger partial charge in [0.05, 0.1) is 18.0 Å². The Hall–Kier alpha value is -3.44. The molecule has 0 saturated heterocycles. The van der Waals surface area contributed by atoms with Crippen LogP contribution in [0.4, 0.5) is 5.69 Å². The van der Waals surface area contributed by atoms with Crippen LogP contribution in [0.15, 0.2) is 96.0 Å². The predicted octanol–water partition coefficient (Wildman–Crippen LogP) is 5.61. The van der Waals surface area contributed by atoms with Crippen molar-refractivity contribution >= 4 is 23.0 Å². The Morgan fingerprint density at radius 3 is 2.10 bits per heavy atom. The highest BCUT2D eigenvalue weighted by molar-refractivity contribution is 7.11. The lowest BCUT2D eigenvalue weighted by Crippen LogP contribution is -2.14. The van der Waals surface area contributed by atoms with Gasteiger partial charge in [0.15, 0.2) is 4.80 Å². The topological polar surface area (TPSA) is 43.6 Å². The number of hydrogen-bond donors (Lipinski definition) is 0. The SMILES string of the molecule is CCOC(=O)c1sc(=Nc2ccccc2)n(-c2ccccc2)c1-c1ccccc1. The molecule has 1 heterocycles. The Morgan fingerprint density at radius 1 is 0.897 bits per heavy atom. The van der Waals surface area contributed by atoms with Gasteiger partial charge < -0.3 is 4.74 Å². The second kappa shape index (κ2) is 8.71. The summed E-state index contributed by atoms with van der Waals surface area (Å²) in [4.78, 5) is 18.9. The molecule has 0 aliphatic rings. The zero-order valence-corrected chi connectivity index (χ0v) is 16.8. The number of aromatic nitrogens is 1. The minimum Gasteiger partial charge on any atom is -0.462 e. The zero-order chi connectivity index (χ0) is 20.1. The highest BCUT2D eigenvalue weighted by atomic mass is 32.1. The molecule has 0 amide bonds. The summed E-state index contributed by atoms with van der Waals surface area (Å²) in [7, 11) is 0. The molecule has 0 N–H and O–H groups in total. The van der Waals surface area contributed by atoms with E-state index in [0.717, 1.165) is 22.6 Å². The molecule has 5 heteroatoms. The van der Waals surface area contributed by atoms with Crippen LogP contribution >= 0.6 is 11.3 Å². The third kappa shape index (κ3) is 4.05. The number of carbonyl (C=O) groups is 1. The maximum atomic E-state index is 12.8. The number of ether oxygens (including phenoxy) is 1. The average Bonchev–Trinajstić information content (AvgIpc) is 3.15.